The van der Waals surface area contributed by atoms with Crippen LogP contribution in [0.1, 0.15) is 58.8 Å². The van der Waals surface area contributed by atoms with Crippen molar-refractivity contribution >= 4 is 41.6 Å². The maximum Gasteiger partial charge on any atom is 0.326 e. The Kier molecular flexibility index (Phi) is 17.0. The predicted molar refractivity (Wildman–Crippen MR) is 148 cm³/mol. The Morgan fingerprint density at radius 2 is 1.15 bits per heavy atom. The Morgan fingerprint density at radius 3 is 1.60 bits per heavy atom. The van der Waals surface area contributed by atoms with Crippen LogP contribution in [0.2, 0.25) is 0 Å². The van der Waals surface area contributed by atoms with Crippen LogP contribution in [0.25, 0.3) is 0 Å². The van der Waals surface area contributed by atoms with Crippen molar-refractivity contribution in [3.63, 3.8) is 0 Å². The molecule has 4 unspecified atom stereocenters. The lowest BCUT2D eigenvalue weighted by molar-refractivity contribution is -0.143. The van der Waals surface area contributed by atoms with Gasteiger partial charge in [0.1, 0.15) is 18.1 Å². The average Bonchev–Trinajstić information content (AvgIpc) is 2.84. The minimum atomic E-state index is -1.39. The van der Waals surface area contributed by atoms with E-state index in [4.69, 9.17) is 33.8 Å². The van der Waals surface area contributed by atoms with E-state index in [1.807, 2.05) is 0 Å². The first-order valence-electron chi connectivity index (χ1n) is 12.9. The van der Waals surface area contributed by atoms with Crippen LogP contribution in [-0.2, 0) is 24.0 Å². The van der Waals surface area contributed by atoms with Gasteiger partial charge in [0.15, 0.2) is 11.9 Å². The number of rotatable bonds is 20. The second kappa shape index (κ2) is 19.0. The van der Waals surface area contributed by atoms with Crippen molar-refractivity contribution in [3.05, 3.63) is 0 Å². The number of nitrogens with zero attached hydrogens (tertiary/aromatic N) is 2. The highest BCUT2D eigenvalue weighted by atomic mass is 16.4. The number of nitrogens with one attached hydrogen (secondary N) is 3. The maximum absolute atomic E-state index is 13.2. The van der Waals surface area contributed by atoms with Crippen LogP contribution in [0.3, 0.4) is 0 Å². The number of hydrogen-bond donors (Lipinski definition) is 10. The number of carbonyl (C=O) groups is 5. The maximum atomic E-state index is 13.2. The SMILES string of the molecule is CC(C)CC(NC(=O)C(CCC(=O)O)NC(=O)C(CCCN=C(N)N)NC(=O)C(N)CCCN=C(N)N)C(=O)O. The van der Waals surface area contributed by atoms with E-state index in [-0.39, 0.29) is 63.0 Å². The van der Waals surface area contributed by atoms with E-state index in [9.17, 15) is 29.1 Å². The van der Waals surface area contributed by atoms with Crippen LogP contribution in [0, 0.1) is 5.92 Å². The number of carboxylic acids is 2. The number of amides is 3. The molecule has 15 N–H and O–H groups in total. The molecule has 0 saturated heterocycles. The van der Waals surface area contributed by atoms with Gasteiger partial charge in [0, 0.05) is 19.5 Å². The van der Waals surface area contributed by atoms with E-state index in [0.29, 0.717) is 6.42 Å². The van der Waals surface area contributed by atoms with Gasteiger partial charge in [-0.05, 0) is 44.4 Å². The smallest absolute Gasteiger partial charge is 0.326 e. The Morgan fingerprint density at radius 1 is 0.700 bits per heavy atom. The van der Waals surface area contributed by atoms with Crippen molar-refractivity contribution in [2.24, 2.45) is 44.6 Å². The Balaban J connectivity index is 5.66. The summed E-state index contributed by atoms with van der Waals surface area (Å²) in [5.41, 5.74) is 27.1. The molecule has 0 aromatic rings. The number of nitrogens with two attached hydrogens (primary N) is 5. The van der Waals surface area contributed by atoms with E-state index in [1.54, 1.807) is 13.8 Å². The lowest BCUT2D eigenvalue weighted by atomic mass is 10.0. The second-order valence-corrected chi connectivity index (χ2v) is 9.59. The summed E-state index contributed by atoms with van der Waals surface area (Å²) in [6.07, 6.45) is 0.228. The summed E-state index contributed by atoms with van der Waals surface area (Å²) in [4.78, 5) is 69.2. The van der Waals surface area contributed by atoms with Crippen LogP contribution in [0.5, 0.6) is 0 Å². The highest BCUT2D eigenvalue weighted by Gasteiger charge is 2.30. The van der Waals surface area contributed by atoms with Gasteiger partial charge < -0.3 is 54.8 Å². The van der Waals surface area contributed by atoms with Gasteiger partial charge >= 0.3 is 11.9 Å². The Labute approximate surface area is 232 Å². The zero-order valence-corrected chi connectivity index (χ0v) is 23.0. The summed E-state index contributed by atoms with van der Waals surface area (Å²) >= 11 is 0. The van der Waals surface area contributed by atoms with Crippen molar-refractivity contribution < 1.29 is 34.2 Å². The third kappa shape index (κ3) is 16.6. The van der Waals surface area contributed by atoms with Crippen LogP contribution >= 0.6 is 0 Å². The minimum Gasteiger partial charge on any atom is -0.481 e. The lowest BCUT2D eigenvalue weighted by Gasteiger charge is -2.25. The molecule has 0 spiro atoms. The Bertz CT molecular complexity index is 918. The molecule has 0 heterocycles. The van der Waals surface area contributed by atoms with Gasteiger partial charge in [-0.25, -0.2) is 4.79 Å². The van der Waals surface area contributed by atoms with Crippen molar-refractivity contribution in [1.29, 1.82) is 0 Å². The number of carbonyl (C=O) groups excluding carboxylic acids is 3. The largest absolute Gasteiger partial charge is 0.481 e. The number of aliphatic imine (C=N–C) groups is 2. The van der Waals surface area contributed by atoms with Crippen molar-refractivity contribution in [2.45, 2.75) is 83.0 Å². The van der Waals surface area contributed by atoms with E-state index in [0.717, 1.165) is 0 Å². The van der Waals surface area contributed by atoms with Crippen molar-refractivity contribution in [2.75, 3.05) is 13.1 Å². The van der Waals surface area contributed by atoms with E-state index < -0.39 is 60.2 Å². The zero-order valence-electron chi connectivity index (χ0n) is 23.0. The number of carboxylic acid groups (broad SMARTS) is 2. The van der Waals surface area contributed by atoms with Crippen LogP contribution in [0.15, 0.2) is 9.98 Å². The summed E-state index contributed by atoms with van der Waals surface area (Å²) in [6, 6.07) is -4.82. The van der Waals surface area contributed by atoms with Crippen LogP contribution in [0.4, 0.5) is 0 Å². The van der Waals surface area contributed by atoms with Gasteiger partial charge in [-0.2, -0.15) is 0 Å². The third-order valence-electron chi connectivity index (χ3n) is 5.48. The molecule has 0 rings (SSSR count). The summed E-state index contributed by atoms with van der Waals surface area (Å²) in [7, 11) is 0. The molecular weight excluding hydrogens is 528 g/mol. The minimum absolute atomic E-state index is 0.0491. The lowest BCUT2D eigenvalue weighted by Crippen LogP contribution is -2.57. The summed E-state index contributed by atoms with van der Waals surface area (Å²) in [6.45, 7) is 3.94. The predicted octanol–water partition coefficient (Wildman–Crippen LogP) is -3.13. The molecule has 17 nitrogen and oxygen atoms in total. The fourth-order valence-electron chi connectivity index (χ4n) is 3.48. The summed E-state index contributed by atoms with van der Waals surface area (Å²) < 4.78 is 0. The monoisotopic (exact) mass is 572 g/mol. The molecule has 0 aliphatic carbocycles. The molecule has 0 bridgehead atoms. The molecule has 4 atom stereocenters. The molecule has 228 valence electrons. The van der Waals surface area contributed by atoms with Gasteiger partial charge in [-0.3, -0.25) is 29.2 Å². The second-order valence-electron chi connectivity index (χ2n) is 9.59. The normalized spacial score (nSPS) is 13.7. The van der Waals surface area contributed by atoms with E-state index in [2.05, 4.69) is 25.9 Å². The number of guanidine groups is 2. The molecule has 40 heavy (non-hydrogen) atoms. The fourth-order valence-corrected chi connectivity index (χ4v) is 3.48. The van der Waals surface area contributed by atoms with Gasteiger partial charge in [-0.1, -0.05) is 13.8 Å². The molecule has 0 aliphatic heterocycles. The molecule has 0 aromatic carbocycles. The molecule has 0 fully saturated rings. The fraction of sp³-hybridized carbons (Fsp3) is 0.696. The summed E-state index contributed by atoms with van der Waals surface area (Å²) in [5, 5.41) is 25.9. The number of hydrogen-bond acceptors (Lipinski definition) is 8. The first kappa shape index (κ1) is 35.9. The molecule has 0 radical (unpaired) electrons. The van der Waals surface area contributed by atoms with Crippen LogP contribution < -0.4 is 44.6 Å². The van der Waals surface area contributed by atoms with E-state index in [1.165, 1.54) is 0 Å². The molecule has 0 aromatic heterocycles. The van der Waals surface area contributed by atoms with Gasteiger partial charge in [-0.15, -0.1) is 0 Å². The highest BCUT2D eigenvalue weighted by Crippen LogP contribution is 2.08. The molecular formula is C23H44N10O7. The average molecular weight is 573 g/mol. The third-order valence-corrected chi connectivity index (χ3v) is 5.48. The first-order valence-corrected chi connectivity index (χ1v) is 12.9. The van der Waals surface area contributed by atoms with Crippen LogP contribution in [-0.4, -0.2) is 89.0 Å². The zero-order chi connectivity index (χ0) is 30.8. The molecule has 0 saturated carbocycles. The van der Waals surface area contributed by atoms with Crippen molar-refractivity contribution in [3.8, 4) is 0 Å². The first-order chi connectivity index (χ1) is 18.6. The highest BCUT2D eigenvalue weighted by molar-refractivity contribution is 5.94. The quantitative estimate of drug-likeness (QED) is 0.0393. The Hall–Kier alpha value is -4.15. The van der Waals surface area contributed by atoms with Gasteiger partial charge in [0.05, 0.1) is 6.04 Å². The molecule has 17 heteroatoms. The number of aliphatic carboxylic acids is 2. The van der Waals surface area contributed by atoms with E-state index >= 15 is 0 Å². The standard InChI is InChI=1S/C23H44N10O7/c1-12(2)11-16(21(39)40)33-20(38)15(7-8-17(34)35)32-19(37)14(6-4-10-30-23(27)28)31-18(36)13(24)5-3-9-29-22(25)26/h12-16H,3-11,24H2,1-2H3,(H,31,36)(H,32,37)(H,33,38)(H,34,35)(H,39,40)(H4,25,26,29)(H4,27,28,30). The topological polar surface area (TPSA) is 317 Å². The van der Waals surface area contributed by atoms with Crippen molar-refractivity contribution in [1.82, 2.24) is 16.0 Å². The molecule has 3 amide bonds. The van der Waals surface area contributed by atoms with Gasteiger partial charge in [0.25, 0.3) is 0 Å². The molecule has 0 aliphatic rings. The van der Waals surface area contributed by atoms with Gasteiger partial charge in [0.2, 0.25) is 17.7 Å². The summed E-state index contributed by atoms with van der Waals surface area (Å²) in [5.74, 6) is -5.15.